The first kappa shape index (κ1) is 19.9. The number of hydrogen-bond donors (Lipinski definition) is 5. The highest BCUT2D eigenvalue weighted by Gasteiger charge is 2.34. The van der Waals surface area contributed by atoms with Gasteiger partial charge in [-0.25, -0.2) is 0 Å². The van der Waals surface area contributed by atoms with Gasteiger partial charge in [0.2, 0.25) is 5.70 Å². The highest BCUT2D eigenvalue weighted by molar-refractivity contribution is 5.69. The molecule has 1 heterocycles. The molecule has 0 bridgehead atoms. The zero-order chi connectivity index (χ0) is 21.1. The van der Waals surface area contributed by atoms with Gasteiger partial charge >= 0.3 is 0 Å². The quantitative estimate of drug-likeness (QED) is 0.244. The van der Waals surface area contributed by atoms with Crippen LogP contribution < -0.4 is 15.4 Å². The van der Waals surface area contributed by atoms with Crippen LogP contribution in [0.2, 0.25) is 0 Å². The van der Waals surface area contributed by atoms with Crippen LogP contribution in [0.15, 0.2) is 78.6 Å². The number of hydroxylamine groups is 2. The van der Waals surface area contributed by atoms with Crippen molar-refractivity contribution in [3.8, 4) is 11.5 Å². The summed E-state index contributed by atoms with van der Waals surface area (Å²) in [5, 5.41) is 48.6. The highest BCUT2D eigenvalue weighted by atomic mass is 16.5. The number of nitrogens with one attached hydrogen (secondary N) is 3. The number of phenols is 2. The number of para-hydroxylation sites is 2. The average Bonchev–Trinajstić information content (AvgIpc) is 2.77. The molecule has 0 fully saturated rings. The van der Waals surface area contributed by atoms with Gasteiger partial charge in [0.1, 0.15) is 0 Å². The Morgan fingerprint density at radius 3 is 2.13 bits per heavy atom. The van der Waals surface area contributed by atoms with Crippen molar-refractivity contribution in [2.24, 2.45) is 0 Å². The molecule has 30 heavy (non-hydrogen) atoms. The molecule has 0 aromatic heterocycles. The maximum absolute atomic E-state index is 13.2. The van der Waals surface area contributed by atoms with Gasteiger partial charge in [-0.2, -0.15) is 0 Å². The van der Waals surface area contributed by atoms with Crippen LogP contribution in [0.4, 0.5) is 11.4 Å². The summed E-state index contributed by atoms with van der Waals surface area (Å²) in [6.07, 6.45) is 1.62. The van der Waals surface area contributed by atoms with Crippen LogP contribution in [0, 0.1) is 10.4 Å². The Morgan fingerprint density at radius 2 is 1.43 bits per heavy atom. The van der Waals surface area contributed by atoms with Gasteiger partial charge in [-0.15, -0.1) is 0 Å². The summed E-state index contributed by atoms with van der Waals surface area (Å²) < 4.78 is 0. The van der Waals surface area contributed by atoms with Gasteiger partial charge in [0.15, 0.2) is 22.9 Å². The van der Waals surface area contributed by atoms with Gasteiger partial charge in [0, 0.05) is 24.2 Å². The third-order valence-electron chi connectivity index (χ3n) is 5.17. The molecule has 0 saturated carbocycles. The predicted octanol–water partition coefficient (Wildman–Crippen LogP) is 1.69. The number of phenolic OH excluding ortho intramolecular Hbond substituents is 2. The summed E-state index contributed by atoms with van der Waals surface area (Å²) in [5.41, 5.74) is 2.48. The van der Waals surface area contributed by atoms with Crippen LogP contribution in [0.25, 0.3) is 5.70 Å². The van der Waals surface area contributed by atoms with Gasteiger partial charge < -0.3 is 25.9 Å². The molecule has 4 rings (SSSR count). The van der Waals surface area contributed by atoms with Crippen LogP contribution in [0.3, 0.4) is 0 Å². The largest absolute Gasteiger partial charge is 0.623 e. The third-order valence-corrected chi connectivity index (χ3v) is 5.17. The summed E-state index contributed by atoms with van der Waals surface area (Å²) in [4.78, 5) is 0. The fourth-order valence-electron chi connectivity index (χ4n) is 3.65. The Labute approximate surface area is 174 Å². The first-order valence-corrected chi connectivity index (χ1v) is 9.79. The molecule has 7 nitrogen and oxygen atoms in total. The van der Waals surface area contributed by atoms with Gasteiger partial charge in [0.05, 0.1) is 0 Å². The molecule has 7 heteroatoms. The fraction of sp³-hybridized carbons (Fsp3) is 0.130. The van der Waals surface area contributed by atoms with Gasteiger partial charge in [-0.05, 0) is 36.6 Å². The number of aromatic hydroxyl groups is 2. The number of benzene rings is 3. The topological polar surface area (TPSA) is 107 Å². The molecule has 0 spiro atoms. The lowest BCUT2D eigenvalue weighted by molar-refractivity contribution is -0.780. The lowest BCUT2D eigenvalue weighted by Crippen LogP contribution is -3.12. The smallest absolute Gasteiger partial charge is 0.268 e. The Hall–Kier alpha value is -3.36. The van der Waals surface area contributed by atoms with Crippen molar-refractivity contribution >= 4 is 17.1 Å². The van der Waals surface area contributed by atoms with E-state index in [1.54, 1.807) is 24.3 Å². The van der Waals surface area contributed by atoms with Crippen LogP contribution >= 0.6 is 0 Å². The minimum atomic E-state index is -0.345. The monoisotopic (exact) mass is 405 g/mol. The summed E-state index contributed by atoms with van der Waals surface area (Å²) in [6, 6.07) is 20.9. The molecule has 2 atom stereocenters. The zero-order valence-electron chi connectivity index (χ0n) is 16.3. The Morgan fingerprint density at radius 1 is 0.767 bits per heavy atom. The van der Waals surface area contributed by atoms with E-state index in [1.165, 1.54) is 23.8 Å². The van der Waals surface area contributed by atoms with Crippen LogP contribution in [0.1, 0.15) is 17.5 Å². The molecule has 3 aromatic rings. The van der Waals surface area contributed by atoms with E-state index in [0.717, 1.165) is 12.8 Å². The summed E-state index contributed by atoms with van der Waals surface area (Å²) in [6.45, 7) is 0.513. The van der Waals surface area contributed by atoms with E-state index < -0.39 is 0 Å². The molecule has 1 aliphatic rings. The van der Waals surface area contributed by atoms with Crippen molar-refractivity contribution in [3.63, 3.8) is 0 Å². The second-order valence-corrected chi connectivity index (χ2v) is 7.17. The zero-order valence-corrected chi connectivity index (χ0v) is 16.3. The van der Waals surface area contributed by atoms with Gasteiger partial charge in [0.25, 0.3) is 5.82 Å². The lowest BCUT2D eigenvalue weighted by atomic mass is 10.1. The van der Waals surface area contributed by atoms with E-state index in [-0.39, 0.29) is 33.1 Å². The van der Waals surface area contributed by atoms with Crippen molar-refractivity contribution in [1.29, 1.82) is 0 Å². The van der Waals surface area contributed by atoms with E-state index in [1.807, 2.05) is 18.2 Å². The van der Waals surface area contributed by atoms with Crippen molar-refractivity contribution in [2.75, 3.05) is 6.54 Å². The Bertz CT molecular complexity index is 1070. The second kappa shape index (κ2) is 8.56. The minimum Gasteiger partial charge on any atom is -0.623 e. The molecule has 0 aliphatic carbocycles. The number of quaternary nitrogens is 2. The summed E-state index contributed by atoms with van der Waals surface area (Å²) >= 11 is 0. The minimum absolute atomic E-state index is 0.203. The van der Waals surface area contributed by atoms with E-state index in [2.05, 4.69) is 17.4 Å². The summed E-state index contributed by atoms with van der Waals surface area (Å²) in [7, 11) is 0. The highest BCUT2D eigenvalue weighted by Crippen LogP contribution is 2.29. The van der Waals surface area contributed by atoms with Crippen molar-refractivity contribution < 1.29 is 20.3 Å². The first-order chi connectivity index (χ1) is 14.6. The van der Waals surface area contributed by atoms with E-state index in [4.69, 9.17) is 0 Å². The van der Waals surface area contributed by atoms with Gasteiger partial charge in [-0.1, -0.05) is 42.5 Å². The Kier molecular flexibility index (Phi) is 5.69. The number of aryl methyl sites for hydroxylation is 1. The van der Waals surface area contributed by atoms with E-state index in [0.29, 0.717) is 23.5 Å². The van der Waals surface area contributed by atoms with Crippen LogP contribution in [0.5, 0.6) is 11.5 Å². The lowest BCUT2D eigenvalue weighted by Gasteiger charge is -2.36. The second-order valence-electron chi connectivity index (χ2n) is 7.17. The van der Waals surface area contributed by atoms with E-state index >= 15 is 0 Å². The third kappa shape index (κ3) is 3.87. The molecular formula is C23H23N3O4. The molecule has 2 unspecified atom stereocenters. The maximum atomic E-state index is 13.2. The van der Waals surface area contributed by atoms with Crippen LogP contribution in [-0.4, -0.2) is 16.8 Å². The number of rotatable bonds is 6. The normalized spacial score (nSPS) is 18.2. The standard InChI is InChI=1S/C23H23N3O4/c27-20-13-12-17(15-21(20)28)22-23(24-14-6-9-16-7-2-1-3-8-16)26(30)19-11-5-4-10-18(19)25(22)29/h1-5,7-8,10-13,15,24-28H,6,9,14H2. The van der Waals surface area contributed by atoms with Crippen molar-refractivity contribution in [1.82, 2.24) is 5.32 Å². The van der Waals surface area contributed by atoms with Gasteiger partial charge in [-0.3, -0.25) is 10.1 Å². The molecule has 5 N–H and O–H groups in total. The molecular weight excluding hydrogens is 382 g/mol. The molecule has 1 aliphatic heterocycles. The molecule has 0 saturated heterocycles. The Balaban J connectivity index is 1.64. The molecule has 3 aromatic carbocycles. The number of hydrogen-bond acceptors (Lipinski definition) is 5. The average molecular weight is 405 g/mol. The van der Waals surface area contributed by atoms with Crippen LogP contribution in [-0.2, 0) is 6.42 Å². The first-order valence-electron chi connectivity index (χ1n) is 9.79. The fourth-order valence-corrected chi connectivity index (χ4v) is 3.65. The number of fused-ring (bicyclic) bond motifs is 1. The molecule has 0 amide bonds. The maximum Gasteiger partial charge on any atom is 0.268 e. The summed E-state index contributed by atoms with van der Waals surface area (Å²) in [5.74, 6) is -0.411. The van der Waals surface area contributed by atoms with Crippen molar-refractivity contribution in [2.45, 2.75) is 12.8 Å². The SMILES string of the molecule is [O-][NH+]1C(NCCCc2ccccc2)=C(c2ccc(O)c(O)c2)[NH+]([O-])c2ccccc21. The molecule has 0 radical (unpaired) electrons. The van der Waals surface area contributed by atoms with Crippen molar-refractivity contribution in [3.05, 3.63) is 100 Å². The predicted molar refractivity (Wildman–Crippen MR) is 114 cm³/mol. The van der Waals surface area contributed by atoms with E-state index in [9.17, 15) is 20.6 Å². The molecule has 154 valence electrons.